The first-order valence-electron chi connectivity index (χ1n) is 8.26. The average Bonchev–Trinajstić information content (AvgIpc) is 2.96. The first kappa shape index (κ1) is 19.9. The van der Waals surface area contributed by atoms with E-state index >= 15 is 0 Å². The van der Waals surface area contributed by atoms with Gasteiger partial charge in [0, 0.05) is 30.5 Å². The van der Waals surface area contributed by atoms with Crippen LogP contribution in [0.1, 0.15) is 15.9 Å². The molecule has 0 aliphatic carbocycles. The van der Waals surface area contributed by atoms with Gasteiger partial charge in [-0.3, -0.25) is 24.3 Å². The molecule has 1 fully saturated rings. The molecular weight excluding hydrogens is 402 g/mol. The Labute approximate surface area is 170 Å². The Morgan fingerprint density at radius 2 is 2.18 bits per heavy atom. The van der Waals surface area contributed by atoms with Gasteiger partial charge in [-0.15, -0.1) is 0 Å². The van der Waals surface area contributed by atoms with E-state index in [0.29, 0.717) is 15.7 Å². The van der Waals surface area contributed by atoms with Gasteiger partial charge in [-0.25, -0.2) is 0 Å². The molecule has 1 aromatic heterocycles. The van der Waals surface area contributed by atoms with Gasteiger partial charge >= 0.3 is 0 Å². The number of amides is 3. The van der Waals surface area contributed by atoms with Gasteiger partial charge in [-0.1, -0.05) is 17.7 Å². The van der Waals surface area contributed by atoms with Gasteiger partial charge in [0.15, 0.2) is 0 Å². The summed E-state index contributed by atoms with van der Waals surface area (Å²) in [6, 6.07) is 8.24. The van der Waals surface area contributed by atoms with E-state index < -0.39 is 11.8 Å². The highest BCUT2D eigenvalue weighted by molar-refractivity contribution is 8.18. The van der Waals surface area contributed by atoms with Crippen molar-refractivity contribution in [2.24, 2.45) is 0 Å². The summed E-state index contributed by atoms with van der Waals surface area (Å²) in [4.78, 5) is 42.3. The number of pyridine rings is 1. The first-order valence-corrected chi connectivity index (χ1v) is 9.46. The van der Waals surface area contributed by atoms with Crippen LogP contribution in [0.2, 0.25) is 5.02 Å². The van der Waals surface area contributed by atoms with E-state index in [1.807, 2.05) is 0 Å². The lowest BCUT2D eigenvalue weighted by molar-refractivity contribution is -0.122. The number of ether oxygens (including phenoxy) is 1. The van der Waals surface area contributed by atoms with Crippen molar-refractivity contribution in [3.8, 4) is 5.75 Å². The molecule has 0 unspecified atom stereocenters. The molecule has 144 valence electrons. The minimum absolute atomic E-state index is 0.0592. The van der Waals surface area contributed by atoms with Crippen molar-refractivity contribution >= 4 is 46.5 Å². The largest absolute Gasteiger partial charge is 0.496 e. The van der Waals surface area contributed by atoms with Crippen molar-refractivity contribution in [1.29, 1.82) is 0 Å². The van der Waals surface area contributed by atoms with Crippen LogP contribution in [0.25, 0.3) is 6.08 Å². The molecule has 3 rings (SSSR count). The van der Waals surface area contributed by atoms with E-state index in [0.717, 1.165) is 22.2 Å². The minimum atomic E-state index is -0.405. The molecule has 1 saturated heterocycles. The summed E-state index contributed by atoms with van der Waals surface area (Å²) in [5, 5.41) is 2.69. The van der Waals surface area contributed by atoms with Crippen LogP contribution >= 0.6 is 23.4 Å². The van der Waals surface area contributed by atoms with Crippen LogP contribution in [0.5, 0.6) is 5.75 Å². The Bertz CT molecular complexity index is 949. The number of nitrogens with one attached hydrogen (secondary N) is 1. The molecule has 0 atom stereocenters. The molecule has 2 aromatic rings. The van der Waals surface area contributed by atoms with Crippen molar-refractivity contribution in [2.75, 3.05) is 20.2 Å². The maximum atomic E-state index is 12.5. The molecule has 1 N–H and O–H groups in total. The lowest BCUT2D eigenvalue weighted by atomic mass is 10.2. The maximum Gasteiger partial charge on any atom is 0.293 e. The van der Waals surface area contributed by atoms with Gasteiger partial charge < -0.3 is 10.1 Å². The minimum Gasteiger partial charge on any atom is -0.496 e. The second-order valence-corrected chi connectivity index (χ2v) is 7.15. The number of hydrogen-bond donors (Lipinski definition) is 1. The lowest BCUT2D eigenvalue weighted by Crippen LogP contribution is -2.37. The van der Waals surface area contributed by atoms with E-state index in [1.165, 1.54) is 13.2 Å². The number of hydrogen-bond acceptors (Lipinski definition) is 6. The molecule has 1 aromatic carbocycles. The van der Waals surface area contributed by atoms with Crippen LogP contribution in [-0.2, 0) is 4.79 Å². The Morgan fingerprint density at radius 3 is 2.89 bits per heavy atom. The number of imide groups is 1. The zero-order chi connectivity index (χ0) is 20.1. The van der Waals surface area contributed by atoms with Crippen LogP contribution in [0.15, 0.2) is 47.6 Å². The zero-order valence-corrected chi connectivity index (χ0v) is 16.4. The molecule has 0 saturated carbocycles. The van der Waals surface area contributed by atoms with E-state index in [1.54, 1.807) is 42.7 Å². The predicted molar refractivity (Wildman–Crippen MR) is 107 cm³/mol. The third-order valence-electron chi connectivity index (χ3n) is 3.88. The average molecular weight is 418 g/mol. The Morgan fingerprint density at radius 1 is 1.36 bits per heavy atom. The zero-order valence-electron chi connectivity index (χ0n) is 14.8. The third-order valence-corrected chi connectivity index (χ3v) is 5.03. The molecule has 9 heteroatoms. The molecule has 3 amide bonds. The molecular formula is C19H16ClN3O4S. The van der Waals surface area contributed by atoms with Gasteiger partial charge in [0.2, 0.25) is 0 Å². The Hall–Kier alpha value is -2.84. The molecule has 1 aliphatic rings. The Balaban J connectivity index is 1.61. The number of halogens is 1. The maximum absolute atomic E-state index is 12.5. The highest BCUT2D eigenvalue weighted by Gasteiger charge is 2.34. The molecule has 0 spiro atoms. The molecule has 2 heterocycles. The predicted octanol–water partition coefficient (Wildman–Crippen LogP) is 3.21. The van der Waals surface area contributed by atoms with E-state index in [9.17, 15) is 14.4 Å². The summed E-state index contributed by atoms with van der Waals surface area (Å²) in [5.41, 5.74) is 1.01. The van der Waals surface area contributed by atoms with Crippen molar-refractivity contribution in [3.05, 3.63) is 63.8 Å². The first-order chi connectivity index (χ1) is 13.5. The molecule has 28 heavy (non-hydrogen) atoms. The highest BCUT2D eigenvalue weighted by Crippen LogP contribution is 2.31. The SMILES string of the molecule is COc1ccc(Cl)cc1C(=O)NCCN1C(=O)S/C(=C\c2cccnc2)C1=O. The van der Waals surface area contributed by atoms with Crippen LogP contribution in [-0.4, -0.2) is 47.1 Å². The third kappa shape index (κ3) is 4.52. The number of rotatable bonds is 6. The summed E-state index contributed by atoms with van der Waals surface area (Å²) in [5.74, 6) is -0.418. The topological polar surface area (TPSA) is 88.6 Å². The summed E-state index contributed by atoms with van der Waals surface area (Å²) < 4.78 is 5.15. The van der Waals surface area contributed by atoms with E-state index in [-0.39, 0.29) is 23.9 Å². The van der Waals surface area contributed by atoms with Gasteiger partial charge in [0.05, 0.1) is 17.6 Å². The van der Waals surface area contributed by atoms with Crippen LogP contribution in [0.3, 0.4) is 0 Å². The number of carbonyl (C=O) groups is 3. The summed E-state index contributed by atoms with van der Waals surface area (Å²) >= 11 is 6.79. The van der Waals surface area contributed by atoms with E-state index in [4.69, 9.17) is 16.3 Å². The number of nitrogens with zero attached hydrogens (tertiary/aromatic N) is 2. The van der Waals surface area contributed by atoms with Crippen LogP contribution < -0.4 is 10.1 Å². The number of thioether (sulfide) groups is 1. The van der Waals surface area contributed by atoms with Crippen molar-refractivity contribution in [2.45, 2.75) is 0 Å². The fraction of sp³-hybridized carbons (Fsp3) is 0.158. The molecule has 1 aliphatic heterocycles. The number of methoxy groups -OCH3 is 1. The monoisotopic (exact) mass is 417 g/mol. The van der Waals surface area contributed by atoms with Crippen molar-refractivity contribution < 1.29 is 19.1 Å². The Kier molecular flexibility index (Phi) is 6.33. The molecule has 0 radical (unpaired) electrons. The van der Waals surface area contributed by atoms with Crippen LogP contribution in [0, 0.1) is 0 Å². The van der Waals surface area contributed by atoms with Crippen molar-refractivity contribution in [3.63, 3.8) is 0 Å². The summed E-state index contributed by atoms with van der Waals surface area (Å²) in [7, 11) is 1.45. The lowest BCUT2D eigenvalue weighted by Gasteiger charge is -2.14. The normalized spacial score (nSPS) is 15.2. The van der Waals surface area contributed by atoms with Gasteiger partial charge in [-0.05, 0) is 47.7 Å². The fourth-order valence-corrected chi connectivity index (χ4v) is 3.58. The number of benzene rings is 1. The second-order valence-electron chi connectivity index (χ2n) is 5.72. The fourth-order valence-electron chi connectivity index (χ4n) is 2.54. The smallest absolute Gasteiger partial charge is 0.293 e. The summed E-state index contributed by atoms with van der Waals surface area (Å²) in [6.45, 7) is 0.163. The molecule has 7 nitrogen and oxygen atoms in total. The molecule has 0 bridgehead atoms. The van der Waals surface area contributed by atoms with Crippen LogP contribution in [0.4, 0.5) is 4.79 Å². The standard InChI is InChI=1S/C19H16ClN3O4S/c1-27-15-5-4-13(20)10-14(15)17(24)22-7-8-23-18(25)16(28-19(23)26)9-12-3-2-6-21-11-12/h2-6,9-11H,7-8H2,1H3,(H,22,24)/b16-9-. The van der Waals surface area contributed by atoms with Crippen molar-refractivity contribution in [1.82, 2.24) is 15.2 Å². The number of carbonyl (C=O) groups excluding carboxylic acids is 3. The quantitative estimate of drug-likeness (QED) is 0.726. The highest BCUT2D eigenvalue weighted by atomic mass is 35.5. The second kappa shape index (κ2) is 8.90. The number of aromatic nitrogens is 1. The van der Waals surface area contributed by atoms with Gasteiger partial charge in [0.25, 0.3) is 17.1 Å². The van der Waals surface area contributed by atoms with Gasteiger partial charge in [-0.2, -0.15) is 0 Å². The summed E-state index contributed by atoms with van der Waals surface area (Å²) in [6.07, 6.45) is 4.85. The van der Waals surface area contributed by atoms with E-state index in [2.05, 4.69) is 10.3 Å². The van der Waals surface area contributed by atoms with Gasteiger partial charge in [0.1, 0.15) is 5.75 Å².